The number of amides is 1. The lowest BCUT2D eigenvalue weighted by molar-refractivity contribution is -0.00330. The zero-order chi connectivity index (χ0) is 14.2. The highest BCUT2D eigenvalue weighted by Gasteiger charge is 2.43. The summed E-state index contributed by atoms with van der Waals surface area (Å²) in [5.74, 6) is 0.817. The third-order valence-electron chi connectivity index (χ3n) is 5.17. The van der Waals surface area contributed by atoms with E-state index in [1.54, 1.807) is 0 Å². The molecule has 3 nitrogen and oxygen atoms in total. The Morgan fingerprint density at radius 2 is 2.00 bits per heavy atom. The van der Waals surface area contributed by atoms with Crippen molar-refractivity contribution in [3.8, 4) is 0 Å². The van der Waals surface area contributed by atoms with Gasteiger partial charge >= 0.3 is 0 Å². The maximum absolute atomic E-state index is 12.8. The summed E-state index contributed by atoms with van der Waals surface area (Å²) in [5.41, 5.74) is 1.65. The summed E-state index contributed by atoms with van der Waals surface area (Å²) in [4.78, 5) is 14.7. The van der Waals surface area contributed by atoms with E-state index in [9.17, 15) is 9.90 Å². The molecule has 1 amide bonds. The second-order valence-corrected chi connectivity index (χ2v) is 6.43. The van der Waals surface area contributed by atoms with Crippen LogP contribution in [0.4, 0.5) is 0 Å². The van der Waals surface area contributed by atoms with Crippen molar-refractivity contribution in [2.75, 3.05) is 13.2 Å². The average molecular weight is 273 g/mol. The molecule has 2 aliphatic rings. The Bertz CT molecular complexity index is 503. The van der Waals surface area contributed by atoms with E-state index in [1.807, 2.05) is 29.2 Å². The molecule has 0 unspecified atom stereocenters. The smallest absolute Gasteiger partial charge is 0.254 e. The van der Waals surface area contributed by atoms with Gasteiger partial charge < -0.3 is 10.0 Å². The number of hydrogen-bond acceptors (Lipinski definition) is 2. The summed E-state index contributed by atoms with van der Waals surface area (Å²) in [7, 11) is 0. The zero-order valence-corrected chi connectivity index (χ0v) is 12.1. The fraction of sp³-hybridized carbons (Fsp3) is 0.588. The van der Waals surface area contributed by atoms with Crippen molar-refractivity contribution in [3.63, 3.8) is 0 Å². The lowest BCUT2D eigenvalue weighted by Crippen LogP contribution is -2.58. The molecule has 0 atom stereocenters. The molecule has 1 saturated carbocycles. The Kier molecular flexibility index (Phi) is 3.55. The first kappa shape index (κ1) is 13.6. The first-order valence-corrected chi connectivity index (χ1v) is 7.67. The van der Waals surface area contributed by atoms with E-state index in [1.165, 1.54) is 0 Å². The maximum atomic E-state index is 12.8. The molecule has 0 radical (unpaired) electrons. The summed E-state index contributed by atoms with van der Waals surface area (Å²) in [6.45, 7) is 3.09. The molecule has 1 heterocycles. The normalized spacial score (nSPS) is 30.2. The zero-order valence-electron chi connectivity index (χ0n) is 12.1. The predicted octanol–water partition coefficient (Wildman–Crippen LogP) is 2.63. The van der Waals surface area contributed by atoms with Crippen LogP contribution < -0.4 is 0 Å². The van der Waals surface area contributed by atoms with Gasteiger partial charge in [0.05, 0.1) is 12.1 Å². The minimum atomic E-state index is -0.322. The molecule has 1 N–H and O–H groups in total. The van der Waals surface area contributed by atoms with Crippen molar-refractivity contribution in [2.24, 2.45) is 5.92 Å². The molecule has 0 bridgehead atoms. The Morgan fingerprint density at radius 3 is 2.70 bits per heavy atom. The van der Waals surface area contributed by atoms with E-state index >= 15 is 0 Å². The summed E-state index contributed by atoms with van der Waals surface area (Å²) < 4.78 is 0. The van der Waals surface area contributed by atoms with Crippen LogP contribution in [-0.4, -0.2) is 34.6 Å². The number of aliphatic hydroxyl groups excluding tert-OH is 1. The Labute approximate surface area is 120 Å². The molecular formula is C17H23NO2. The number of carbonyl (C=O) groups is 1. The van der Waals surface area contributed by atoms with Gasteiger partial charge in [-0.25, -0.2) is 0 Å². The van der Waals surface area contributed by atoms with Gasteiger partial charge in [0.1, 0.15) is 0 Å². The van der Waals surface area contributed by atoms with Crippen molar-refractivity contribution in [1.29, 1.82) is 0 Å². The minimum Gasteiger partial charge on any atom is -0.394 e. The monoisotopic (exact) mass is 273 g/mol. The minimum absolute atomic E-state index is 0.0909. The van der Waals surface area contributed by atoms with Crippen LogP contribution >= 0.6 is 0 Å². The second-order valence-electron chi connectivity index (χ2n) is 6.43. The number of nitrogens with zero attached hydrogens (tertiary/aromatic N) is 1. The number of aliphatic hydroxyl groups is 1. The summed E-state index contributed by atoms with van der Waals surface area (Å²) in [5, 5.41) is 9.95. The number of fused-ring (bicyclic) bond motifs is 1. The van der Waals surface area contributed by atoms with Crippen molar-refractivity contribution in [3.05, 3.63) is 35.4 Å². The lowest BCUT2D eigenvalue weighted by atomic mass is 9.75. The van der Waals surface area contributed by atoms with Crippen LogP contribution in [0, 0.1) is 5.92 Å². The molecule has 0 saturated heterocycles. The average Bonchev–Trinajstić information content (AvgIpc) is 2.49. The van der Waals surface area contributed by atoms with Crippen molar-refractivity contribution in [2.45, 2.75) is 44.6 Å². The van der Waals surface area contributed by atoms with Crippen LogP contribution in [-0.2, 0) is 6.42 Å². The standard InChI is InChI=1S/C17H23NO2/c1-13-6-9-17(12-19,10-7-13)18-11-8-14-4-2-3-5-15(14)16(18)20/h2-5,13,19H,6-12H2,1H3. The molecule has 1 fully saturated rings. The van der Waals surface area contributed by atoms with Gasteiger partial charge in [-0.15, -0.1) is 0 Å². The van der Waals surface area contributed by atoms with E-state index in [4.69, 9.17) is 0 Å². The van der Waals surface area contributed by atoms with Gasteiger partial charge in [0.25, 0.3) is 5.91 Å². The van der Waals surface area contributed by atoms with Gasteiger partial charge in [-0.1, -0.05) is 25.1 Å². The van der Waals surface area contributed by atoms with Crippen LogP contribution in [0.25, 0.3) is 0 Å². The molecule has 3 heteroatoms. The number of rotatable bonds is 2. The Balaban J connectivity index is 1.89. The number of carbonyl (C=O) groups excluding carboxylic acids is 1. The van der Waals surface area contributed by atoms with Gasteiger partial charge in [0, 0.05) is 12.1 Å². The van der Waals surface area contributed by atoms with Crippen LogP contribution in [0.15, 0.2) is 24.3 Å². The lowest BCUT2D eigenvalue weighted by Gasteiger charge is -2.48. The summed E-state index contributed by atoms with van der Waals surface area (Å²) >= 11 is 0. The van der Waals surface area contributed by atoms with Crippen LogP contribution in [0.5, 0.6) is 0 Å². The molecule has 0 spiro atoms. The van der Waals surface area contributed by atoms with Crippen molar-refractivity contribution in [1.82, 2.24) is 4.90 Å². The Hall–Kier alpha value is -1.35. The molecule has 1 aliphatic heterocycles. The highest BCUT2D eigenvalue weighted by molar-refractivity contribution is 5.97. The van der Waals surface area contributed by atoms with Crippen molar-refractivity contribution < 1.29 is 9.90 Å². The quantitative estimate of drug-likeness (QED) is 0.900. The largest absolute Gasteiger partial charge is 0.394 e. The van der Waals surface area contributed by atoms with Crippen LogP contribution in [0.2, 0.25) is 0 Å². The number of hydrogen-bond donors (Lipinski definition) is 1. The van der Waals surface area contributed by atoms with Gasteiger partial charge in [0.15, 0.2) is 0 Å². The van der Waals surface area contributed by atoms with E-state index in [0.717, 1.165) is 49.8 Å². The highest BCUT2D eigenvalue weighted by atomic mass is 16.3. The molecule has 108 valence electrons. The molecule has 0 aromatic heterocycles. The second kappa shape index (κ2) is 5.21. The molecule has 20 heavy (non-hydrogen) atoms. The van der Waals surface area contributed by atoms with E-state index in [2.05, 4.69) is 6.92 Å². The Morgan fingerprint density at radius 1 is 1.30 bits per heavy atom. The number of benzene rings is 1. The SMILES string of the molecule is CC1CCC(CO)(N2CCc3ccccc3C2=O)CC1. The molecular weight excluding hydrogens is 250 g/mol. The third-order valence-corrected chi connectivity index (χ3v) is 5.17. The molecule has 1 aromatic rings. The summed E-state index contributed by atoms with van der Waals surface area (Å²) in [6, 6.07) is 7.88. The van der Waals surface area contributed by atoms with Crippen LogP contribution in [0.3, 0.4) is 0 Å². The van der Waals surface area contributed by atoms with E-state index in [0.29, 0.717) is 5.92 Å². The highest BCUT2D eigenvalue weighted by Crippen LogP contribution is 2.38. The molecule has 3 rings (SSSR count). The van der Waals surface area contributed by atoms with Gasteiger partial charge in [-0.05, 0) is 49.7 Å². The fourth-order valence-electron chi connectivity index (χ4n) is 3.69. The third kappa shape index (κ3) is 2.14. The van der Waals surface area contributed by atoms with E-state index < -0.39 is 0 Å². The molecule has 1 aliphatic carbocycles. The van der Waals surface area contributed by atoms with Gasteiger partial charge in [-0.2, -0.15) is 0 Å². The van der Waals surface area contributed by atoms with Crippen LogP contribution in [0.1, 0.15) is 48.5 Å². The van der Waals surface area contributed by atoms with Gasteiger partial charge in [-0.3, -0.25) is 4.79 Å². The predicted molar refractivity (Wildman–Crippen MR) is 78.6 cm³/mol. The first-order valence-electron chi connectivity index (χ1n) is 7.67. The van der Waals surface area contributed by atoms with Crippen molar-refractivity contribution >= 4 is 5.91 Å². The topological polar surface area (TPSA) is 40.5 Å². The summed E-state index contributed by atoms with van der Waals surface area (Å²) in [6.07, 6.45) is 4.97. The molecule has 1 aromatic carbocycles. The maximum Gasteiger partial charge on any atom is 0.254 e. The first-order chi connectivity index (χ1) is 9.66. The van der Waals surface area contributed by atoms with E-state index in [-0.39, 0.29) is 18.1 Å². The van der Waals surface area contributed by atoms with Gasteiger partial charge in [0.2, 0.25) is 0 Å². The fourth-order valence-corrected chi connectivity index (χ4v) is 3.69.